The van der Waals surface area contributed by atoms with Gasteiger partial charge in [-0.3, -0.25) is 9.78 Å². The molecule has 21 heavy (non-hydrogen) atoms. The number of ether oxygens (including phenoxy) is 1. The minimum Gasteiger partial charge on any atom is -0.487 e. The van der Waals surface area contributed by atoms with Gasteiger partial charge in [-0.15, -0.1) is 0 Å². The van der Waals surface area contributed by atoms with E-state index in [2.05, 4.69) is 4.98 Å². The van der Waals surface area contributed by atoms with Crippen molar-refractivity contribution in [2.75, 3.05) is 13.1 Å². The summed E-state index contributed by atoms with van der Waals surface area (Å²) < 4.78 is 18.7. The Morgan fingerprint density at radius 1 is 1.29 bits per heavy atom. The fraction of sp³-hybridized carbons (Fsp3) is 0.250. The summed E-state index contributed by atoms with van der Waals surface area (Å²) in [5.41, 5.74) is 0.499. The molecule has 1 aliphatic rings. The maximum absolute atomic E-state index is 12.9. The zero-order valence-electron chi connectivity index (χ0n) is 11.4. The molecule has 1 aliphatic heterocycles. The van der Waals surface area contributed by atoms with Crippen molar-refractivity contribution in [2.45, 2.75) is 12.5 Å². The maximum Gasteiger partial charge on any atom is 0.253 e. The summed E-state index contributed by atoms with van der Waals surface area (Å²) in [5, 5.41) is 0. The van der Waals surface area contributed by atoms with Crippen LogP contribution in [0.15, 0.2) is 48.8 Å². The van der Waals surface area contributed by atoms with Crippen LogP contribution in [0.4, 0.5) is 4.39 Å². The van der Waals surface area contributed by atoms with Crippen LogP contribution >= 0.6 is 0 Å². The second kappa shape index (κ2) is 5.91. The summed E-state index contributed by atoms with van der Waals surface area (Å²) in [4.78, 5) is 18.0. The van der Waals surface area contributed by atoms with E-state index in [1.807, 2.05) is 12.1 Å². The van der Waals surface area contributed by atoms with Crippen LogP contribution < -0.4 is 4.74 Å². The highest BCUT2D eigenvalue weighted by atomic mass is 19.1. The van der Waals surface area contributed by atoms with Crippen LogP contribution in [0.2, 0.25) is 0 Å². The van der Waals surface area contributed by atoms with Gasteiger partial charge in [0.15, 0.2) is 0 Å². The van der Waals surface area contributed by atoms with Crippen LogP contribution in [0.5, 0.6) is 5.75 Å². The van der Waals surface area contributed by atoms with E-state index < -0.39 is 0 Å². The highest BCUT2D eigenvalue weighted by molar-refractivity contribution is 5.94. The third kappa shape index (κ3) is 3.18. The molecule has 1 unspecified atom stereocenters. The van der Waals surface area contributed by atoms with Gasteiger partial charge in [0.05, 0.1) is 12.7 Å². The van der Waals surface area contributed by atoms with Crippen LogP contribution in [0.3, 0.4) is 0 Å². The van der Waals surface area contributed by atoms with Crippen molar-refractivity contribution in [3.05, 3.63) is 60.2 Å². The number of hydrogen-bond acceptors (Lipinski definition) is 3. The molecule has 1 aromatic carbocycles. The third-order valence-electron chi connectivity index (χ3n) is 3.46. The van der Waals surface area contributed by atoms with Gasteiger partial charge in [0, 0.05) is 24.7 Å². The number of aromatic nitrogens is 1. The van der Waals surface area contributed by atoms with Gasteiger partial charge in [0.2, 0.25) is 0 Å². The second-order valence-electron chi connectivity index (χ2n) is 4.98. The summed E-state index contributed by atoms with van der Waals surface area (Å²) in [6.07, 6.45) is 4.09. The van der Waals surface area contributed by atoms with E-state index in [-0.39, 0.29) is 17.8 Å². The highest BCUT2D eigenvalue weighted by Gasteiger charge is 2.28. The van der Waals surface area contributed by atoms with Crippen LogP contribution in [-0.2, 0) is 0 Å². The number of benzene rings is 1. The normalized spacial score (nSPS) is 17.8. The molecular weight excluding hydrogens is 271 g/mol. The number of nitrogens with zero attached hydrogens (tertiary/aromatic N) is 2. The Morgan fingerprint density at radius 3 is 2.81 bits per heavy atom. The molecule has 0 radical (unpaired) electrons. The summed E-state index contributed by atoms with van der Waals surface area (Å²) in [7, 11) is 0. The lowest BCUT2D eigenvalue weighted by Crippen LogP contribution is -2.30. The number of rotatable bonds is 3. The van der Waals surface area contributed by atoms with Gasteiger partial charge in [-0.25, -0.2) is 4.39 Å². The van der Waals surface area contributed by atoms with E-state index in [4.69, 9.17) is 4.74 Å². The number of amides is 1. The number of pyridine rings is 1. The third-order valence-corrected chi connectivity index (χ3v) is 3.46. The molecule has 1 fully saturated rings. The van der Waals surface area contributed by atoms with Crippen molar-refractivity contribution in [1.29, 1.82) is 0 Å². The molecule has 0 saturated carbocycles. The van der Waals surface area contributed by atoms with Crippen molar-refractivity contribution in [3.63, 3.8) is 0 Å². The van der Waals surface area contributed by atoms with Gasteiger partial charge in [-0.2, -0.15) is 0 Å². The minimum absolute atomic E-state index is 0.0291. The molecule has 0 bridgehead atoms. The molecule has 1 amide bonds. The van der Waals surface area contributed by atoms with Gasteiger partial charge < -0.3 is 9.64 Å². The molecule has 3 rings (SSSR count). The van der Waals surface area contributed by atoms with E-state index in [0.717, 1.165) is 6.42 Å². The first kappa shape index (κ1) is 13.5. The molecule has 2 aromatic rings. The molecule has 108 valence electrons. The van der Waals surface area contributed by atoms with E-state index >= 15 is 0 Å². The minimum atomic E-state index is -0.342. The van der Waals surface area contributed by atoms with Gasteiger partial charge in [0.1, 0.15) is 17.7 Å². The van der Waals surface area contributed by atoms with Gasteiger partial charge in [-0.05, 0) is 36.4 Å². The molecule has 2 heterocycles. The molecule has 1 saturated heterocycles. The molecule has 5 heteroatoms. The Balaban J connectivity index is 1.61. The van der Waals surface area contributed by atoms with Gasteiger partial charge in [0.25, 0.3) is 5.91 Å². The van der Waals surface area contributed by atoms with Gasteiger partial charge in [-0.1, -0.05) is 0 Å². The number of hydrogen-bond donors (Lipinski definition) is 0. The lowest BCUT2D eigenvalue weighted by Gasteiger charge is -2.17. The number of carbonyl (C=O) groups is 1. The monoisotopic (exact) mass is 286 g/mol. The Kier molecular flexibility index (Phi) is 3.81. The van der Waals surface area contributed by atoms with E-state index in [1.165, 1.54) is 24.3 Å². The van der Waals surface area contributed by atoms with Crippen molar-refractivity contribution in [1.82, 2.24) is 9.88 Å². The Hall–Kier alpha value is -2.43. The molecular formula is C16H15FN2O2. The molecule has 0 aliphatic carbocycles. The number of halogens is 1. The second-order valence-corrected chi connectivity index (χ2v) is 4.98. The van der Waals surface area contributed by atoms with Crippen molar-refractivity contribution in [2.24, 2.45) is 0 Å². The first-order chi connectivity index (χ1) is 10.2. The lowest BCUT2D eigenvalue weighted by atomic mass is 10.2. The van der Waals surface area contributed by atoms with E-state index in [1.54, 1.807) is 17.3 Å². The summed E-state index contributed by atoms with van der Waals surface area (Å²) in [6.45, 7) is 1.17. The molecule has 1 aromatic heterocycles. The Labute approximate surface area is 122 Å². The van der Waals surface area contributed by atoms with Crippen molar-refractivity contribution in [3.8, 4) is 5.75 Å². The Bertz CT molecular complexity index is 616. The van der Waals surface area contributed by atoms with E-state index in [9.17, 15) is 9.18 Å². The highest BCUT2D eigenvalue weighted by Crippen LogP contribution is 2.19. The summed E-state index contributed by atoms with van der Waals surface area (Å²) in [6, 6.07) is 9.27. The largest absolute Gasteiger partial charge is 0.487 e. The lowest BCUT2D eigenvalue weighted by molar-refractivity contribution is 0.0772. The summed E-state index contributed by atoms with van der Waals surface area (Å²) >= 11 is 0. The van der Waals surface area contributed by atoms with Crippen LogP contribution in [0, 0.1) is 5.82 Å². The van der Waals surface area contributed by atoms with Crippen LogP contribution in [-0.4, -0.2) is 35.0 Å². The number of likely N-dealkylation sites (tertiary alicyclic amines) is 1. The maximum atomic E-state index is 12.9. The fourth-order valence-electron chi connectivity index (χ4n) is 2.39. The van der Waals surface area contributed by atoms with Gasteiger partial charge >= 0.3 is 0 Å². The zero-order valence-corrected chi connectivity index (χ0v) is 11.4. The molecule has 1 atom stereocenters. The smallest absolute Gasteiger partial charge is 0.253 e. The van der Waals surface area contributed by atoms with Crippen LogP contribution in [0.25, 0.3) is 0 Å². The Morgan fingerprint density at radius 2 is 2.10 bits per heavy atom. The van der Waals surface area contributed by atoms with Crippen LogP contribution in [0.1, 0.15) is 16.8 Å². The van der Waals surface area contributed by atoms with E-state index in [0.29, 0.717) is 24.4 Å². The quantitative estimate of drug-likeness (QED) is 0.870. The average Bonchev–Trinajstić information content (AvgIpc) is 2.97. The SMILES string of the molecule is O=C(c1ccc(F)cc1)N1CCC(Oc2cccnc2)C1. The molecule has 0 spiro atoms. The summed E-state index contributed by atoms with van der Waals surface area (Å²) in [5.74, 6) is 0.275. The first-order valence-corrected chi connectivity index (χ1v) is 6.84. The zero-order chi connectivity index (χ0) is 14.7. The fourth-order valence-corrected chi connectivity index (χ4v) is 2.39. The predicted molar refractivity (Wildman–Crippen MR) is 75.6 cm³/mol. The first-order valence-electron chi connectivity index (χ1n) is 6.84. The number of carbonyl (C=O) groups excluding carboxylic acids is 1. The standard InChI is InChI=1S/C16H15FN2O2/c17-13-5-3-12(4-6-13)16(20)19-9-7-15(11-19)21-14-2-1-8-18-10-14/h1-6,8,10,15H,7,9,11H2. The molecule has 4 nitrogen and oxygen atoms in total. The predicted octanol–water partition coefficient (Wildman–Crippen LogP) is 2.51. The van der Waals surface area contributed by atoms with Crippen molar-refractivity contribution >= 4 is 5.91 Å². The molecule has 0 N–H and O–H groups in total. The average molecular weight is 286 g/mol. The topological polar surface area (TPSA) is 42.4 Å². The van der Waals surface area contributed by atoms with Crippen molar-refractivity contribution < 1.29 is 13.9 Å².